The maximum Gasteiger partial charge on any atom is 0.266 e. The van der Waals surface area contributed by atoms with Gasteiger partial charge in [-0.25, -0.2) is 8.42 Å². The number of aromatic nitrogens is 5. The van der Waals surface area contributed by atoms with Crippen molar-refractivity contribution in [2.75, 3.05) is 29.5 Å². The van der Waals surface area contributed by atoms with Crippen molar-refractivity contribution in [2.45, 2.75) is 56.7 Å². The Morgan fingerprint density at radius 2 is 1.86 bits per heavy atom. The van der Waals surface area contributed by atoms with Crippen LogP contribution in [-0.4, -0.2) is 68.9 Å². The zero-order valence-electron chi connectivity index (χ0n) is 19.7. The molecule has 0 N–H and O–H groups in total. The van der Waals surface area contributed by atoms with E-state index in [2.05, 4.69) is 34.7 Å². The molecule has 1 spiro atoms. The average Bonchev–Trinajstić information content (AvgIpc) is 3.41. The third-order valence-corrected chi connectivity index (χ3v) is 10.6. The first kappa shape index (κ1) is 21.6. The van der Waals surface area contributed by atoms with Crippen molar-refractivity contribution in [2.24, 2.45) is 5.41 Å². The highest BCUT2D eigenvalue weighted by Crippen LogP contribution is 2.56. The molecule has 0 radical (unpaired) electrons. The molecule has 2 saturated heterocycles. The Bertz CT molecular complexity index is 1470. The van der Waals surface area contributed by atoms with Crippen LogP contribution in [0.15, 0.2) is 22.7 Å². The normalized spacial score (nSPS) is 26.5. The molecule has 1 aromatic carbocycles. The molecule has 5 heterocycles. The summed E-state index contributed by atoms with van der Waals surface area (Å²) in [5, 5.41) is 14.1. The number of halogens is 1. The first-order valence-electron chi connectivity index (χ1n) is 12.6. The van der Waals surface area contributed by atoms with Gasteiger partial charge in [-0.3, -0.25) is 9.47 Å². The number of rotatable bonds is 4. The van der Waals surface area contributed by atoms with Crippen LogP contribution in [0.1, 0.15) is 60.6 Å². The summed E-state index contributed by atoms with van der Waals surface area (Å²) in [6, 6.07) is 5.95. The summed E-state index contributed by atoms with van der Waals surface area (Å²) in [5.41, 5.74) is 2.41. The van der Waals surface area contributed by atoms with Crippen molar-refractivity contribution in [3.63, 3.8) is 0 Å². The summed E-state index contributed by atoms with van der Waals surface area (Å²) in [7, 11) is -2.92. The fourth-order valence-electron chi connectivity index (χ4n) is 6.50. The lowest BCUT2D eigenvalue weighted by molar-refractivity contribution is 0.0571. The lowest BCUT2D eigenvalue weighted by Gasteiger charge is -2.58. The minimum absolute atomic E-state index is 0.00651. The molecular formula is C24H26ClN7O3S. The summed E-state index contributed by atoms with van der Waals surface area (Å²) in [6.07, 6.45) is 4.43. The second kappa shape index (κ2) is 7.29. The third-order valence-electron chi connectivity index (χ3n) is 8.58. The molecule has 8 rings (SSSR count). The van der Waals surface area contributed by atoms with Gasteiger partial charge >= 0.3 is 0 Å². The van der Waals surface area contributed by atoms with E-state index in [1.807, 2.05) is 18.2 Å². The number of hydrogen-bond donors (Lipinski definition) is 0. The van der Waals surface area contributed by atoms with Gasteiger partial charge in [0, 0.05) is 47.9 Å². The molecule has 10 nitrogen and oxygen atoms in total. The first-order chi connectivity index (χ1) is 17.3. The van der Waals surface area contributed by atoms with Crippen LogP contribution in [0.25, 0.3) is 5.69 Å². The summed E-state index contributed by atoms with van der Waals surface area (Å²) < 4.78 is 31.4. The van der Waals surface area contributed by atoms with Crippen LogP contribution < -0.4 is 4.90 Å². The van der Waals surface area contributed by atoms with Crippen molar-refractivity contribution >= 4 is 27.4 Å². The van der Waals surface area contributed by atoms with E-state index < -0.39 is 9.84 Å². The molecule has 36 heavy (non-hydrogen) atoms. The lowest BCUT2D eigenvalue weighted by atomic mass is 9.57. The smallest absolute Gasteiger partial charge is 0.266 e. The number of sulfone groups is 1. The summed E-state index contributed by atoms with van der Waals surface area (Å²) >= 11 is 6.37. The molecule has 0 bridgehead atoms. The predicted octanol–water partition coefficient (Wildman–Crippen LogP) is 2.68. The number of nitrogens with zero attached hydrogens (tertiary/aromatic N) is 7. The molecule has 0 unspecified atom stereocenters. The molecule has 4 fully saturated rings. The van der Waals surface area contributed by atoms with Crippen LogP contribution >= 0.6 is 11.6 Å². The molecule has 3 aliphatic heterocycles. The SMILES string of the molecule is O=S1(=O)CC(N2Cc3cc(Cl)ccc3-n3c(nnc3C3CC4(C3)CN(c3noc(C5CC5)n3)C4)C2)C1. The van der Waals surface area contributed by atoms with Crippen LogP contribution in [0.3, 0.4) is 0 Å². The van der Waals surface area contributed by atoms with Crippen molar-refractivity contribution in [3.8, 4) is 5.69 Å². The molecule has 2 saturated carbocycles. The highest BCUT2D eigenvalue weighted by atomic mass is 35.5. The molecule has 12 heteroatoms. The van der Waals surface area contributed by atoms with Crippen molar-refractivity contribution in [1.82, 2.24) is 29.8 Å². The maximum atomic E-state index is 11.9. The molecular weight excluding hydrogens is 502 g/mol. The molecule has 2 aromatic heterocycles. The number of hydrogen-bond acceptors (Lipinski definition) is 9. The van der Waals surface area contributed by atoms with E-state index in [0.29, 0.717) is 29.9 Å². The standard InChI is InChI=1S/C24H26ClN7O3S/c25-17-3-4-19-15(5-17)8-30(18-10-36(33,34)11-18)9-20-27-28-21(32(19)20)16-6-24(7-16)12-31(13-24)23-26-22(35-29-23)14-1-2-14/h3-5,14,16,18H,1-2,6-13H2. The minimum atomic E-state index is -2.92. The molecule has 188 valence electrons. The largest absolute Gasteiger partial charge is 0.337 e. The Morgan fingerprint density at radius 3 is 2.61 bits per heavy atom. The fraction of sp³-hybridized carbons (Fsp3) is 0.583. The minimum Gasteiger partial charge on any atom is -0.337 e. The van der Waals surface area contributed by atoms with Gasteiger partial charge < -0.3 is 9.42 Å². The van der Waals surface area contributed by atoms with E-state index in [1.54, 1.807) is 0 Å². The zero-order chi connectivity index (χ0) is 24.2. The fourth-order valence-corrected chi connectivity index (χ4v) is 8.20. The quantitative estimate of drug-likeness (QED) is 0.505. The molecule has 0 amide bonds. The van der Waals surface area contributed by atoms with Crippen molar-refractivity contribution < 1.29 is 12.9 Å². The molecule has 0 atom stereocenters. The van der Waals surface area contributed by atoms with Gasteiger partial charge in [0.05, 0.1) is 23.7 Å². The van der Waals surface area contributed by atoms with Gasteiger partial charge in [-0.1, -0.05) is 11.6 Å². The van der Waals surface area contributed by atoms with Crippen molar-refractivity contribution in [3.05, 3.63) is 46.3 Å². The Morgan fingerprint density at radius 1 is 1.06 bits per heavy atom. The first-order valence-corrected chi connectivity index (χ1v) is 14.8. The third kappa shape index (κ3) is 3.35. The van der Waals surface area contributed by atoms with E-state index in [4.69, 9.17) is 16.1 Å². The van der Waals surface area contributed by atoms with E-state index in [0.717, 1.165) is 73.5 Å². The van der Waals surface area contributed by atoms with Gasteiger partial charge in [-0.15, -0.1) is 10.2 Å². The zero-order valence-corrected chi connectivity index (χ0v) is 21.2. The van der Waals surface area contributed by atoms with Crippen LogP contribution in [0.5, 0.6) is 0 Å². The van der Waals surface area contributed by atoms with Crippen LogP contribution in [0, 0.1) is 5.41 Å². The average molecular weight is 528 g/mol. The second-order valence-electron chi connectivity index (χ2n) is 11.4. The number of anilines is 1. The summed E-state index contributed by atoms with van der Waals surface area (Å²) in [4.78, 5) is 9.03. The Hall–Kier alpha value is -2.50. The highest BCUT2D eigenvalue weighted by molar-refractivity contribution is 7.92. The van der Waals surface area contributed by atoms with E-state index in [-0.39, 0.29) is 23.0 Å². The van der Waals surface area contributed by atoms with E-state index in [1.165, 1.54) is 0 Å². The second-order valence-corrected chi connectivity index (χ2v) is 14.0. The van der Waals surface area contributed by atoms with Crippen LogP contribution in [0.4, 0.5) is 5.95 Å². The maximum absolute atomic E-state index is 11.9. The van der Waals surface area contributed by atoms with Gasteiger partial charge in [0.25, 0.3) is 5.95 Å². The lowest BCUT2D eigenvalue weighted by Crippen LogP contribution is -2.62. The van der Waals surface area contributed by atoms with Gasteiger partial charge in [0.2, 0.25) is 5.89 Å². The van der Waals surface area contributed by atoms with Crippen LogP contribution in [-0.2, 0) is 22.9 Å². The van der Waals surface area contributed by atoms with E-state index >= 15 is 0 Å². The molecule has 5 aliphatic rings. The van der Waals surface area contributed by atoms with Crippen molar-refractivity contribution in [1.29, 1.82) is 0 Å². The van der Waals surface area contributed by atoms with Gasteiger partial charge in [-0.05, 0) is 54.6 Å². The molecule has 3 aromatic rings. The number of benzene rings is 1. The Labute approximate surface area is 213 Å². The van der Waals surface area contributed by atoms with Gasteiger partial charge in [0.1, 0.15) is 5.82 Å². The predicted molar refractivity (Wildman–Crippen MR) is 131 cm³/mol. The Balaban J connectivity index is 1.03. The van der Waals surface area contributed by atoms with E-state index in [9.17, 15) is 8.42 Å². The highest BCUT2D eigenvalue weighted by Gasteiger charge is 2.55. The van der Waals surface area contributed by atoms with Crippen LogP contribution in [0.2, 0.25) is 5.02 Å². The monoisotopic (exact) mass is 527 g/mol. The summed E-state index contributed by atoms with van der Waals surface area (Å²) in [6.45, 7) is 3.12. The topological polar surface area (TPSA) is 110 Å². The number of fused-ring (bicyclic) bond motifs is 3. The molecule has 2 aliphatic carbocycles. The van der Waals surface area contributed by atoms with Gasteiger partial charge in [0.15, 0.2) is 15.7 Å². The van der Waals surface area contributed by atoms with Gasteiger partial charge in [-0.2, -0.15) is 4.98 Å². The summed E-state index contributed by atoms with van der Waals surface area (Å²) in [5.74, 6) is 4.59. The Kier molecular flexibility index (Phi) is 4.37.